The minimum Gasteiger partial charge on any atom is -0.494 e. The zero-order valence-electron chi connectivity index (χ0n) is 17.1. The molecule has 1 amide bonds. The van der Waals surface area contributed by atoms with E-state index in [1.165, 1.54) is 11.3 Å². The second kappa shape index (κ2) is 7.92. The Kier molecular flexibility index (Phi) is 4.95. The molecule has 31 heavy (non-hydrogen) atoms. The average Bonchev–Trinajstić information content (AvgIpc) is 3.42. The van der Waals surface area contributed by atoms with Gasteiger partial charge in [-0.3, -0.25) is 10.1 Å². The molecule has 0 saturated heterocycles. The maximum atomic E-state index is 12.8. The summed E-state index contributed by atoms with van der Waals surface area (Å²) in [5.74, 6) is 1.72. The lowest BCUT2D eigenvalue weighted by molar-refractivity contribution is 0.102. The number of hydrogen-bond acceptors (Lipinski definition) is 6. The summed E-state index contributed by atoms with van der Waals surface area (Å²) in [7, 11) is 0. The standard InChI is InChI=1S/C24H20N2O4S/c1-3-28-17-9-7-15(8-10-17)18-12-21(30-26-18)25-24(27)20-11-16-13-29-19-6-4-5-14(2)22(19)23(16)31-20/h4-12H,3,13H2,1-2H3,(H,25,27). The van der Waals surface area contributed by atoms with Crippen molar-refractivity contribution in [3.05, 3.63) is 70.6 Å². The van der Waals surface area contributed by atoms with Gasteiger partial charge in [0.05, 0.1) is 11.5 Å². The summed E-state index contributed by atoms with van der Waals surface area (Å²) in [6.45, 7) is 5.06. The fourth-order valence-corrected chi connectivity index (χ4v) is 4.78. The van der Waals surface area contributed by atoms with Crippen LogP contribution >= 0.6 is 11.3 Å². The number of hydrogen-bond donors (Lipinski definition) is 1. The molecule has 0 fully saturated rings. The summed E-state index contributed by atoms with van der Waals surface area (Å²) in [6, 6.07) is 17.1. The van der Waals surface area contributed by atoms with Crippen LogP contribution in [0, 0.1) is 6.92 Å². The smallest absolute Gasteiger partial charge is 0.268 e. The molecule has 4 aromatic rings. The van der Waals surface area contributed by atoms with Crippen molar-refractivity contribution < 1.29 is 18.8 Å². The molecule has 0 radical (unpaired) electrons. The Morgan fingerprint density at radius 3 is 2.84 bits per heavy atom. The molecule has 1 aliphatic heterocycles. The number of amides is 1. The van der Waals surface area contributed by atoms with Crippen LogP contribution < -0.4 is 14.8 Å². The minimum absolute atomic E-state index is 0.232. The quantitative estimate of drug-likeness (QED) is 0.424. The number of carbonyl (C=O) groups excluding carboxylic acids is 1. The molecular formula is C24H20N2O4S. The molecule has 7 heteroatoms. The van der Waals surface area contributed by atoms with E-state index in [0.29, 0.717) is 29.7 Å². The number of nitrogens with zero attached hydrogens (tertiary/aromatic N) is 1. The summed E-state index contributed by atoms with van der Waals surface area (Å²) in [5.41, 5.74) is 4.72. The Hall–Kier alpha value is -3.58. The van der Waals surface area contributed by atoms with Crippen LogP contribution in [-0.4, -0.2) is 17.7 Å². The number of aromatic nitrogens is 1. The minimum atomic E-state index is -0.232. The zero-order valence-corrected chi connectivity index (χ0v) is 17.9. The fraction of sp³-hybridized carbons (Fsp3) is 0.167. The van der Waals surface area contributed by atoms with Crippen molar-refractivity contribution in [3.63, 3.8) is 0 Å². The van der Waals surface area contributed by atoms with Crippen molar-refractivity contribution in [2.45, 2.75) is 20.5 Å². The summed E-state index contributed by atoms with van der Waals surface area (Å²) in [6.07, 6.45) is 0. The first-order valence-electron chi connectivity index (χ1n) is 9.99. The van der Waals surface area contributed by atoms with E-state index in [4.69, 9.17) is 14.0 Å². The lowest BCUT2D eigenvalue weighted by atomic mass is 10.0. The lowest BCUT2D eigenvalue weighted by Gasteiger charge is -2.19. The highest BCUT2D eigenvalue weighted by Gasteiger charge is 2.24. The SMILES string of the molecule is CCOc1ccc(-c2cc(NC(=O)c3cc4c(s3)-c3c(C)cccc3OC4)on2)cc1. The molecule has 2 aromatic carbocycles. The number of nitrogens with one attached hydrogen (secondary N) is 1. The molecule has 1 N–H and O–H groups in total. The summed E-state index contributed by atoms with van der Waals surface area (Å²) < 4.78 is 16.6. The molecule has 0 unspecified atom stereocenters. The Balaban J connectivity index is 1.35. The largest absolute Gasteiger partial charge is 0.494 e. The normalized spacial score (nSPS) is 11.9. The molecule has 0 aliphatic carbocycles. The number of carbonyl (C=O) groups is 1. The first kappa shape index (κ1) is 19.4. The number of thiophene rings is 1. The van der Waals surface area contributed by atoms with Crippen LogP contribution in [0.5, 0.6) is 11.5 Å². The monoisotopic (exact) mass is 432 g/mol. The molecule has 2 aromatic heterocycles. The van der Waals surface area contributed by atoms with Gasteiger partial charge in [-0.25, -0.2) is 0 Å². The van der Waals surface area contributed by atoms with E-state index in [1.54, 1.807) is 6.07 Å². The molecule has 3 heterocycles. The lowest BCUT2D eigenvalue weighted by Crippen LogP contribution is -2.09. The van der Waals surface area contributed by atoms with E-state index in [-0.39, 0.29) is 5.91 Å². The Morgan fingerprint density at radius 1 is 1.19 bits per heavy atom. The topological polar surface area (TPSA) is 73.6 Å². The van der Waals surface area contributed by atoms with Gasteiger partial charge in [0.1, 0.15) is 23.8 Å². The van der Waals surface area contributed by atoms with E-state index in [2.05, 4.69) is 10.5 Å². The van der Waals surface area contributed by atoms with E-state index < -0.39 is 0 Å². The number of fused-ring (bicyclic) bond motifs is 3. The first-order valence-corrected chi connectivity index (χ1v) is 10.8. The van der Waals surface area contributed by atoms with Gasteiger partial charge in [0.15, 0.2) is 0 Å². The number of anilines is 1. The second-order valence-electron chi connectivity index (χ2n) is 7.19. The maximum absolute atomic E-state index is 12.8. The molecule has 6 nitrogen and oxygen atoms in total. The molecule has 5 rings (SSSR count). The number of benzene rings is 2. The highest BCUT2D eigenvalue weighted by Crippen LogP contribution is 2.44. The highest BCUT2D eigenvalue weighted by atomic mass is 32.1. The second-order valence-corrected chi connectivity index (χ2v) is 8.24. The third-order valence-electron chi connectivity index (χ3n) is 5.09. The van der Waals surface area contributed by atoms with Crippen LogP contribution in [0.3, 0.4) is 0 Å². The van der Waals surface area contributed by atoms with Gasteiger partial charge < -0.3 is 14.0 Å². The van der Waals surface area contributed by atoms with Crippen LogP contribution in [0.15, 0.2) is 59.1 Å². The van der Waals surface area contributed by atoms with Gasteiger partial charge in [-0.05, 0) is 55.8 Å². The molecule has 0 spiro atoms. The van der Waals surface area contributed by atoms with E-state index >= 15 is 0 Å². The van der Waals surface area contributed by atoms with Crippen molar-refractivity contribution >= 4 is 23.1 Å². The summed E-state index contributed by atoms with van der Waals surface area (Å²) >= 11 is 1.46. The van der Waals surface area contributed by atoms with E-state index in [1.807, 2.05) is 62.4 Å². The van der Waals surface area contributed by atoms with Crippen molar-refractivity contribution in [3.8, 4) is 33.2 Å². The predicted molar refractivity (Wildman–Crippen MR) is 120 cm³/mol. The molecule has 1 aliphatic rings. The summed E-state index contributed by atoms with van der Waals surface area (Å²) in [4.78, 5) is 14.5. The number of rotatable bonds is 5. The Morgan fingerprint density at radius 2 is 2.03 bits per heavy atom. The molecular weight excluding hydrogens is 412 g/mol. The molecule has 0 saturated carbocycles. The van der Waals surface area contributed by atoms with Crippen LogP contribution in [-0.2, 0) is 6.61 Å². The van der Waals surface area contributed by atoms with E-state index in [9.17, 15) is 4.79 Å². The van der Waals surface area contributed by atoms with Gasteiger partial charge in [-0.1, -0.05) is 17.3 Å². The van der Waals surface area contributed by atoms with E-state index in [0.717, 1.165) is 38.6 Å². The predicted octanol–water partition coefficient (Wildman–Crippen LogP) is 5.92. The van der Waals surface area contributed by atoms with Crippen LogP contribution in [0.1, 0.15) is 27.7 Å². The average molecular weight is 433 g/mol. The van der Waals surface area contributed by atoms with Gasteiger partial charge in [-0.15, -0.1) is 11.3 Å². The van der Waals surface area contributed by atoms with Gasteiger partial charge in [0, 0.05) is 27.6 Å². The van der Waals surface area contributed by atoms with Crippen LogP contribution in [0.4, 0.5) is 5.88 Å². The van der Waals surface area contributed by atoms with Crippen LogP contribution in [0.25, 0.3) is 21.7 Å². The summed E-state index contributed by atoms with van der Waals surface area (Å²) in [5, 5.41) is 6.87. The number of aryl methyl sites for hydroxylation is 1. The van der Waals surface area contributed by atoms with Gasteiger partial charge in [-0.2, -0.15) is 0 Å². The highest BCUT2D eigenvalue weighted by molar-refractivity contribution is 7.17. The molecule has 156 valence electrons. The van der Waals surface area contributed by atoms with Crippen molar-refractivity contribution in [2.75, 3.05) is 11.9 Å². The van der Waals surface area contributed by atoms with Gasteiger partial charge in [0.25, 0.3) is 5.91 Å². The molecule has 0 atom stereocenters. The Labute approximate surface area is 183 Å². The van der Waals surface area contributed by atoms with Crippen LogP contribution in [0.2, 0.25) is 0 Å². The maximum Gasteiger partial charge on any atom is 0.268 e. The number of ether oxygens (including phenoxy) is 2. The van der Waals surface area contributed by atoms with Crippen molar-refractivity contribution in [1.82, 2.24) is 5.16 Å². The van der Waals surface area contributed by atoms with Crippen molar-refractivity contribution in [2.24, 2.45) is 0 Å². The van der Waals surface area contributed by atoms with Gasteiger partial charge in [0.2, 0.25) is 5.88 Å². The van der Waals surface area contributed by atoms with Crippen molar-refractivity contribution in [1.29, 1.82) is 0 Å². The third kappa shape index (κ3) is 3.68. The fourth-order valence-electron chi connectivity index (χ4n) is 3.60. The first-order chi connectivity index (χ1) is 15.1. The van der Waals surface area contributed by atoms with Gasteiger partial charge >= 0.3 is 0 Å². The Bertz CT molecular complexity index is 1260. The molecule has 0 bridgehead atoms. The zero-order chi connectivity index (χ0) is 21.4. The third-order valence-corrected chi connectivity index (χ3v) is 6.28.